The minimum absolute atomic E-state index is 0.0880. The lowest BCUT2D eigenvalue weighted by molar-refractivity contribution is -0.215. The van der Waals surface area contributed by atoms with Crippen LogP contribution >= 0.6 is 31.9 Å². The monoisotopic (exact) mass is 550 g/mol. The Morgan fingerprint density at radius 2 is 1.28 bits per heavy atom. The first-order chi connectivity index (χ1) is 13.5. The maximum Gasteiger partial charge on any atom is 0.267 e. The van der Waals surface area contributed by atoms with E-state index in [1.807, 2.05) is 0 Å². The molecule has 0 saturated heterocycles. The summed E-state index contributed by atoms with van der Waals surface area (Å²) in [6.45, 7) is 3.07. The lowest BCUT2D eigenvalue weighted by Gasteiger charge is -2.06. The summed E-state index contributed by atoms with van der Waals surface area (Å²) in [5.41, 5.74) is 0.240. The normalized spacial score (nSPS) is 9.41. The van der Waals surface area contributed by atoms with Gasteiger partial charge in [0.25, 0.3) is 6.43 Å². The largest absolute Gasteiger partial charge is 0.298 e. The third kappa shape index (κ3) is 10.8. The SMILES string of the molecule is COO.COO.Cc1ccc(Br)c(C(F)F)c1F.Cc1ccc(Br)c(C=O)c1F. The predicted molar refractivity (Wildman–Crippen MR) is 107 cm³/mol. The zero-order valence-corrected chi connectivity index (χ0v) is 19.0. The van der Waals surface area contributed by atoms with Crippen molar-refractivity contribution < 1.29 is 42.6 Å². The first-order valence-corrected chi connectivity index (χ1v) is 9.09. The summed E-state index contributed by atoms with van der Waals surface area (Å²) in [5, 5.41) is 14.1. The number of benzene rings is 2. The van der Waals surface area contributed by atoms with Crippen molar-refractivity contribution in [2.75, 3.05) is 14.2 Å². The van der Waals surface area contributed by atoms with E-state index in [0.29, 0.717) is 16.3 Å². The van der Waals surface area contributed by atoms with Gasteiger partial charge < -0.3 is 0 Å². The summed E-state index contributed by atoms with van der Waals surface area (Å²) >= 11 is 5.93. The van der Waals surface area contributed by atoms with Crippen LogP contribution in [0.15, 0.2) is 33.2 Å². The molecule has 164 valence electrons. The summed E-state index contributed by atoms with van der Waals surface area (Å²) in [6.07, 6.45) is -2.27. The molecule has 0 aromatic heterocycles. The van der Waals surface area contributed by atoms with Crippen LogP contribution < -0.4 is 0 Å². The van der Waals surface area contributed by atoms with Gasteiger partial charge in [-0.25, -0.2) is 27.3 Å². The van der Waals surface area contributed by atoms with Crippen molar-refractivity contribution in [2.45, 2.75) is 20.3 Å². The van der Waals surface area contributed by atoms with E-state index in [1.165, 1.54) is 33.3 Å². The summed E-state index contributed by atoms with van der Waals surface area (Å²) in [4.78, 5) is 16.8. The average Bonchev–Trinajstić information content (AvgIpc) is 2.64. The van der Waals surface area contributed by atoms with Crippen LogP contribution in [0.4, 0.5) is 17.6 Å². The maximum absolute atomic E-state index is 13.0. The van der Waals surface area contributed by atoms with Gasteiger partial charge >= 0.3 is 0 Å². The van der Waals surface area contributed by atoms with E-state index in [-0.39, 0.29) is 15.6 Å². The van der Waals surface area contributed by atoms with Gasteiger partial charge in [-0.15, -0.1) is 0 Å². The minimum Gasteiger partial charge on any atom is -0.298 e. The van der Waals surface area contributed by atoms with Gasteiger partial charge in [0, 0.05) is 8.95 Å². The molecule has 2 N–H and O–H groups in total. The van der Waals surface area contributed by atoms with Gasteiger partial charge in [0.05, 0.1) is 25.3 Å². The Morgan fingerprint density at radius 3 is 1.59 bits per heavy atom. The molecule has 0 atom stereocenters. The van der Waals surface area contributed by atoms with Crippen LogP contribution in [-0.4, -0.2) is 31.0 Å². The molecule has 0 spiro atoms. The summed E-state index contributed by atoms with van der Waals surface area (Å²) < 4.78 is 51.0. The molecule has 0 saturated carbocycles. The van der Waals surface area contributed by atoms with E-state index in [9.17, 15) is 22.4 Å². The van der Waals surface area contributed by atoms with E-state index in [4.69, 9.17) is 10.5 Å². The number of hydrogen-bond acceptors (Lipinski definition) is 5. The van der Waals surface area contributed by atoms with Crippen molar-refractivity contribution in [3.05, 3.63) is 67.1 Å². The predicted octanol–water partition coefficient (Wildman–Crippen LogP) is 6.75. The standard InChI is InChI=1S/C8H6BrF3.C8H6BrFO.2CH4O2/c1-4-2-3-5(9)6(7(4)10)8(11)12;1-5-2-3-7(9)6(4-11)8(5)10;2*1-3-2/h2-3,8H,1H3;2-4H,1H3;2*2H,1H3. The fourth-order valence-electron chi connectivity index (χ4n) is 1.66. The number of carbonyl (C=O) groups is 1. The summed E-state index contributed by atoms with van der Waals surface area (Å²) in [5.74, 6) is -1.28. The zero-order chi connectivity index (χ0) is 23.1. The Balaban J connectivity index is 0. The molecule has 0 heterocycles. The van der Waals surface area contributed by atoms with Crippen LogP contribution in [-0.2, 0) is 9.78 Å². The Labute approximate surface area is 182 Å². The second-order valence-electron chi connectivity index (χ2n) is 4.97. The van der Waals surface area contributed by atoms with Crippen molar-refractivity contribution >= 4 is 38.1 Å². The second-order valence-corrected chi connectivity index (χ2v) is 6.68. The summed E-state index contributed by atoms with van der Waals surface area (Å²) in [6, 6.07) is 6.14. The van der Waals surface area contributed by atoms with E-state index >= 15 is 0 Å². The van der Waals surface area contributed by atoms with Gasteiger partial charge in [0.2, 0.25) is 0 Å². The van der Waals surface area contributed by atoms with Crippen LogP contribution in [0.5, 0.6) is 0 Å². The molecule has 0 unspecified atom stereocenters. The number of halogens is 6. The third-order valence-corrected chi connectivity index (χ3v) is 4.36. The Bertz CT molecular complexity index is 760. The van der Waals surface area contributed by atoms with Crippen molar-refractivity contribution in [1.82, 2.24) is 0 Å². The van der Waals surface area contributed by atoms with Crippen molar-refractivity contribution in [3.8, 4) is 0 Å². The molecule has 0 radical (unpaired) electrons. The lowest BCUT2D eigenvalue weighted by Crippen LogP contribution is -1.95. The quantitative estimate of drug-likeness (QED) is 0.187. The highest BCUT2D eigenvalue weighted by atomic mass is 79.9. The molecule has 0 aliphatic rings. The molecular formula is C18H20Br2F4O5. The summed E-state index contributed by atoms with van der Waals surface area (Å²) in [7, 11) is 2.36. The lowest BCUT2D eigenvalue weighted by atomic mass is 10.1. The molecule has 2 rings (SSSR count). The number of alkyl halides is 2. The first-order valence-electron chi connectivity index (χ1n) is 7.51. The molecule has 0 bridgehead atoms. The number of carbonyl (C=O) groups excluding carboxylic acids is 1. The fraction of sp³-hybridized carbons (Fsp3) is 0.278. The molecule has 0 amide bonds. The topological polar surface area (TPSA) is 76.0 Å². The third-order valence-electron chi connectivity index (χ3n) is 2.98. The highest BCUT2D eigenvalue weighted by Crippen LogP contribution is 2.31. The molecule has 11 heteroatoms. The Hall–Kier alpha value is -1.37. The van der Waals surface area contributed by atoms with Gasteiger partial charge in [0.1, 0.15) is 11.6 Å². The molecule has 2 aromatic rings. The highest BCUT2D eigenvalue weighted by molar-refractivity contribution is 9.10. The maximum atomic E-state index is 13.0. The Kier molecular flexibility index (Phi) is 16.9. The number of aldehydes is 1. The van der Waals surface area contributed by atoms with Crippen LogP contribution in [0.1, 0.15) is 33.5 Å². The van der Waals surface area contributed by atoms with Gasteiger partial charge in [-0.2, -0.15) is 0 Å². The minimum atomic E-state index is -2.78. The number of hydrogen-bond donors (Lipinski definition) is 2. The van der Waals surface area contributed by atoms with Crippen molar-refractivity contribution in [2.24, 2.45) is 0 Å². The average molecular weight is 552 g/mol. The van der Waals surface area contributed by atoms with Crippen molar-refractivity contribution in [1.29, 1.82) is 0 Å². The zero-order valence-electron chi connectivity index (χ0n) is 15.9. The molecule has 0 aliphatic heterocycles. The van der Waals surface area contributed by atoms with Crippen LogP contribution in [0.2, 0.25) is 0 Å². The van der Waals surface area contributed by atoms with E-state index < -0.39 is 23.6 Å². The number of rotatable bonds is 2. The molecule has 29 heavy (non-hydrogen) atoms. The van der Waals surface area contributed by atoms with Crippen molar-refractivity contribution in [3.63, 3.8) is 0 Å². The molecule has 5 nitrogen and oxygen atoms in total. The number of aryl methyl sites for hydroxylation is 2. The second kappa shape index (κ2) is 16.4. The smallest absolute Gasteiger partial charge is 0.267 e. The van der Waals surface area contributed by atoms with Gasteiger partial charge in [-0.1, -0.05) is 28.1 Å². The molecular weight excluding hydrogens is 532 g/mol. The highest BCUT2D eigenvalue weighted by Gasteiger charge is 2.18. The Morgan fingerprint density at radius 1 is 0.897 bits per heavy atom. The van der Waals surface area contributed by atoms with Crippen LogP contribution in [0, 0.1) is 25.5 Å². The first kappa shape index (κ1) is 29.8. The molecule has 0 aliphatic carbocycles. The van der Waals surface area contributed by atoms with E-state index in [0.717, 1.165) is 0 Å². The van der Waals surface area contributed by atoms with Crippen LogP contribution in [0.25, 0.3) is 0 Å². The van der Waals surface area contributed by atoms with E-state index in [2.05, 4.69) is 41.6 Å². The fourth-order valence-corrected chi connectivity index (χ4v) is 2.54. The van der Waals surface area contributed by atoms with Gasteiger partial charge in [0.15, 0.2) is 6.29 Å². The molecule has 2 aromatic carbocycles. The van der Waals surface area contributed by atoms with Gasteiger partial charge in [-0.3, -0.25) is 15.3 Å². The van der Waals surface area contributed by atoms with E-state index in [1.54, 1.807) is 19.1 Å². The molecule has 0 fully saturated rings. The van der Waals surface area contributed by atoms with Gasteiger partial charge in [-0.05, 0) is 53.0 Å². The van der Waals surface area contributed by atoms with Crippen LogP contribution in [0.3, 0.4) is 0 Å².